The van der Waals surface area contributed by atoms with E-state index in [1.54, 1.807) is 0 Å². The quantitative estimate of drug-likeness (QED) is 0.772. The molecule has 1 unspecified atom stereocenters. The predicted octanol–water partition coefficient (Wildman–Crippen LogP) is 3.16. The van der Waals surface area contributed by atoms with Crippen molar-refractivity contribution in [2.24, 2.45) is 0 Å². The Morgan fingerprint density at radius 1 is 1.21 bits per heavy atom. The lowest BCUT2D eigenvalue weighted by molar-refractivity contribution is 0.195. The van der Waals surface area contributed by atoms with Crippen molar-refractivity contribution < 1.29 is 12.8 Å². The number of fused-ring (bicyclic) bond motifs is 1. The maximum atomic E-state index is 13.4. The van der Waals surface area contributed by atoms with E-state index >= 15 is 0 Å². The van der Waals surface area contributed by atoms with Gasteiger partial charge in [0.2, 0.25) is 10.0 Å². The lowest BCUT2D eigenvalue weighted by atomic mass is 10.0. The topological polar surface area (TPSA) is 61.4 Å². The monoisotopic (exact) mass is 425 g/mol. The summed E-state index contributed by atoms with van der Waals surface area (Å²) in [5.41, 5.74) is 3.85. The summed E-state index contributed by atoms with van der Waals surface area (Å²) in [4.78, 5) is 2.27. The zero-order valence-electron chi connectivity index (χ0n) is 15.5. The van der Waals surface area contributed by atoms with Crippen molar-refractivity contribution >= 4 is 28.1 Å². The smallest absolute Gasteiger partial charge is 0.240 e. The molecule has 2 aliphatic rings. The minimum atomic E-state index is -3.72. The number of nitrogens with one attached hydrogen (secondary N) is 2. The fourth-order valence-corrected chi connectivity index (χ4v) is 5.29. The summed E-state index contributed by atoms with van der Waals surface area (Å²) >= 11 is 0. The van der Waals surface area contributed by atoms with E-state index in [2.05, 4.69) is 33.1 Å². The van der Waals surface area contributed by atoms with Crippen molar-refractivity contribution in [1.29, 1.82) is 0 Å². The average Bonchev–Trinajstić information content (AvgIpc) is 3.11. The van der Waals surface area contributed by atoms with Gasteiger partial charge in [0, 0.05) is 31.4 Å². The summed E-state index contributed by atoms with van der Waals surface area (Å²) < 4.78 is 41.3. The van der Waals surface area contributed by atoms with Crippen LogP contribution in [0.1, 0.15) is 24.0 Å². The molecule has 5 nitrogen and oxygen atoms in total. The SMILES string of the molecule is Cl.O=S(=O)(NC1CCCN(Cc2cccc3c2NCC3)C1)c1cccc(F)c1. The van der Waals surface area contributed by atoms with Crippen molar-refractivity contribution in [2.75, 3.05) is 25.0 Å². The second kappa shape index (κ2) is 8.78. The van der Waals surface area contributed by atoms with E-state index in [4.69, 9.17) is 0 Å². The fourth-order valence-electron chi connectivity index (χ4n) is 4.00. The number of piperidine rings is 1. The Labute approximate surface area is 171 Å². The number of benzene rings is 2. The molecule has 4 rings (SSSR count). The highest BCUT2D eigenvalue weighted by molar-refractivity contribution is 7.89. The molecule has 0 amide bonds. The summed E-state index contributed by atoms with van der Waals surface area (Å²) in [6.45, 7) is 3.37. The van der Waals surface area contributed by atoms with Crippen LogP contribution < -0.4 is 10.0 Å². The first-order valence-electron chi connectivity index (χ1n) is 9.36. The number of halogens is 2. The van der Waals surface area contributed by atoms with Crippen LogP contribution in [0.2, 0.25) is 0 Å². The van der Waals surface area contributed by atoms with Crippen LogP contribution in [0.15, 0.2) is 47.4 Å². The molecule has 8 heteroatoms. The van der Waals surface area contributed by atoms with Crippen LogP contribution >= 0.6 is 12.4 Å². The molecule has 0 bridgehead atoms. The molecule has 0 aromatic heterocycles. The largest absolute Gasteiger partial charge is 0.384 e. The van der Waals surface area contributed by atoms with Gasteiger partial charge >= 0.3 is 0 Å². The number of rotatable bonds is 5. The summed E-state index contributed by atoms with van der Waals surface area (Å²) in [5, 5.41) is 3.46. The van der Waals surface area contributed by atoms with E-state index in [0.717, 1.165) is 45.0 Å². The van der Waals surface area contributed by atoms with E-state index in [9.17, 15) is 12.8 Å². The predicted molar refractivity (Wildman–Crippen MR) is 111 cm³/mol. The van der Waals surface area contributed by atoms with Crippen molar-refractivity contribution in [3.8, 4) is 0 Å². The number of sulfonamides is 1. The molecule has 1 saturated heterocycles. The summed E-state index contributed by atoms with van der Waals surface area (Å²) in [5.74, 6) is -0.548. The third kappa shape index (κ3) is 4.66. The number of nitrogens with zero attached hydrogens (tertiary/aromatic N) is 1. The van der Waals surface area contributed by atoms with Crippen LogP contribution in [-0.4, -0.2) is 39.0 Å². The molecular weight excluding hydrogens is 401 g/mol. The molecule has 2 N–H and O–H groups in total. The molecule has 28 heavy (non-hydrogen) atoms. The van der Waals surface area contributed by atoms with Gasteiger partial charge in [-0.15, -0.1) is 12.4 Å². The molecule has 0 spiro atoms. The number of anilines is 1. The Morgan fingerprint density at radius 2 is 2.04 bits per heavy atom. The van der Waals surface area contributed by atoms with Gasteiger partial charge in [-0.1, -0.05) is 24.3 Å². The first-order valence-corrected chi connectivity index (χ1v) is 10.8. The first kappa shape index (κ1) is 21.0. The Hall–Kier alpha value is -1.67. The molecule has 0 aliphatic carbocycles. The highest BCUT2D eigenvalue weighted by Gasteiger charge is 2.26. The highest BCUT2D eigenvalue weighted by Crippen LogP contribution is 2.28. The van der Waals surface area contributed by atoms with Gasteiger partial charge in [-0.3, -0.25) is 4.90 Å². The molecule has 1 fully saturated rings. The molecule has 1 atom stereocenters. The van der Waals surface area contributed by atoms with Crippen LogP contribution in [0.5, 0.6) is 0 Å². The Morgan fingerprint density at radius 3 is 2.86 bits per heavy atom. The Bertz CT molecular complexity index is 939. The van der Waals surface area contributed by atoms with Crippen molar-refractivity contribution in [1.82, 2.24) is 9.62 Å². The van der Waals surface area contributed by atoms with Gasteiger partial charge in [0.15, 0.2) is 0 Å². The lowest BCUT2D eigenvalue weighted by Crippen LogP contribution is -2.47. The summed E-state index contributed by atoms with van der Waals surface area (Å²) in [7, 11) is -3.72. The molecule has 0 saturated carbocycles. The van der Waals surface area contributed by atoms with Gasteiger partial charge in [0.25, 0.3) is 0 Å². The van der Waals surface area contributed by atoms with Crippen LogP contribution in [0.25, 0.3) is 0 Å². The van der Waals surface area contributed by atoms with Crippen LogP contribution in [-0.2, 0) is 23.0 Å². The van der Waals surface area contributed by atoms with E-state index in [1.807, 2.05) is 0 Å². The second-order valence-corrected chi connectivity index (χ2v) is 8.99. The van der Waals surface area contributed by atoms with E-state index in [1.165, 1.54) is 35.0 Å². The van der Waals surface area contributed by atoms with Gasteiger partial charge in [0.05, 0.1) is 4.90 Å². The van der Waals surface area contributed by atoms with E-state index < -0.39 is 15.8 Å². The molecule has 2 aliphatic heterocycles. The highest BCUT2D eigenvalue weighted by atomic mass is 35.5. The molecule has 2 aromatic carbocycles. The van der Waals surface area contributed by atoms with Crippen molar-refractivity contribution in [2.45, 2.75) is 36.7 Å². The number of likely N-dealkylation sites (tertiary alicyclic amines) is 1. The summed E-state index contributed by atoms with van der Waals surface area (Å²) in [6.07, 6.45) is 2.77. The molecule has 152 valence electrons. The molecule has 2 heterocycles. The first-order chi connectivity index (χ1) is 13.0. The van der Waals surface area contributed by atoms with Gasteiger partial charge in [-0.25, -0.2) is 17.5 Å². The normalized spacial score (nSPS) is 19.5. The van der Waals surface area contributed by atoms with Crippen molar-refractivity contribution in [3.63, 3.8) is 0 Å². The van der Waals surface area contributed by atoms with E-state index in [-0.39, 0.29) is 23.3 Å². The fraction of sp³-hybridized carbons (Fsp3) is 0.400. The lowest BCUT2D eigenvalue weighted by Gasteiger charge is -2.33. The van der Waals surface area contributed by atoms with E-state index in [0.29, 0.717) is 6.54 Å². The Balaban J connectivity index is 0.00000225. The number of hydrogen-bond donors (Lipinski definition) is 2. The van der Waals surface area contributed by atoms with Gasteiger partial charge in [-0.05, 0) is 55.1 Å². The third-order valence-electron chi connectivity index (χ3n) is 5.26. The molecule has 2 aromatic rings. The minimum absolute atomic E-state index is 0. The minimum Gasteiger partial charge on any atom is -0.384 e. The number of hydrogen-bond acceptors (Lipinski definition) is 4. The third-order valence-corrected chi connectivity index (χ3v) is 6.78. The van der Waals surface area contributed by atoms with Gasteiger partial charge in [-0.2, -0.15) is 0 Å². The van der Waals surface area contributed by atoms with Crippen LogP contribution in [0.3, 0.4) is 0 Å². The molecule has 0 radical (unpaired) electrons. The van der Waals surface area contributed by atoms with Crippen molar-refractivity contribution in [3.05, 3.63) is 59.4 Å². The van der Waals surface area contributed by atoms with Crippen LogP contribution in [0, 0.1) is 5.82 Å². The van der Waals surface area contributed by atoms with Crippen LogP contribution in [0.4, 0.5) is 10.1 Å². The summed E-state index contributed by atoms with van der Waals surface area (Å²) in [6, 6.07) is 11.4. The zero-order valence-corrected chi connectivity index (χ0v) is 17.2. The van der Waals surface area contributed by atoms with Gasteiger partial charge < -0.3 is 5.32 Å². The standard InChI is InChI=1S/C20H24FN3O2S.ClH/c21-17-6-2-8-19(12-17)27(25,26)23-18-7-3-11-24(14-18)13-16-5-1-4-15-9-10-22-20(15)16;/h1-2,4-6,8,12,18,22-23H,3,7,9-11,13-14H2;1H. The zero-order chi connectivity index (χ0) is 18.9. The molecular formula is C20H25ClFN3O2S. The maximum Gasteiger partial charge on any atom is 0.240 e. The average molecular weight is 426 g/mol. The maximum absolute atomic E-state index is 13.4. The Kier molecular flexibility index (Phi) is 6.60. The number of para-hydroxylation sites is 1. The second-order valence-electron chi connectivity index (χ2n) is 7.28. The van der Waals surface area contributed by atoms with Gasteiger partial charge in [0.1, 0.15) is 5.82 Å².